The highest BCUT2D eigenvalue weighted by atomic mass is 32.2. The number of phenols is 1. The highest BCUT2D eigenvalue weighted by Crippen LogP contribution is 2.43. The van der Waals surface area contributed by atoms with Crippen molar-refractivity contribution in [1.29, 1.82) is 0 Å². The average molecular weight is 726 g/mol. The van der Waals surface area contributed by atoms with Crippen molar-refractivity contribution in [3.05, 3.63) is 40.1 Å². The number of thioether (sulfide) groups is 2. The van der Waals surface area contributed by atoms with Crippen LogP contribution >= 0.6 is 23.5 Å². The predicted molar refractivity (Wildman–Crippen MR) is 201 cm³/mol. The van der Waals surface area contributed by atoms with E-state index >= 15 is 0 Å². The second-order valence-electron chi connectivity index (χ2n) is 16.1. The van der Waals surface area contributed by atoms with Crippen LogP contribution in [0.5, 0.6) is 5.75 Å². The fourth-order valence-electron chi connectivity index (χ4n) is 7.19. The van der Waals surface area contributed by atoms with Crippen LogP contribution < -0.4 is 5.32 Å². The third-order valence-corrected chi connectivity index (χ3v) is 12.4. The number of rotatable bonds is 8. The van der Waals surface area contributed by atoms with Gasteiger partial charge in [-0.1, -0.05) is 91.8 Å². The average Bonchev–Trinajstić information content (AvgIpc) is 3.48. The van der Waals surface area contributed by atoms with Gasteiger partial charge in [-0.25, -0.2) is 9.48 Å². The molecule has 0 radical (unpaired) electrons. The monoisotopic (exact) mass is 725 g/mol. The molecule has 11 nitrogen and oxygen atoms in total. The van der Waals surface area contributed by atoms with Crippen LogP contribution in [-0.4, -0.2) is 88.4 Å². The lowest BCUT2D eigenvalue weighted by atomic mass is 9.78. The number of hydrogen-bond donors (Lipinski definition) is 3. The van der Waals surface area contributed by atoms with E-state index in [4.69, 9.17) is 0 Å². The number of aromatic nitrogens is 4. The number of phenolic OH excluding ortho intramolecular Hbond substituents is 1. The van der Waals surface area contributed by atoms with Crippen molar-refractivity contribution >= 4 is 41.6 Å². The van der Waals surface area contributed by atoms with Gasteiger partial charge in [0.2, 0.25) is 5.16 Å². The van der Waals surface area contributed by atoms with Gasteiger partial charge in [0.15, 0.2) is 6.04 Å². The number of carbonyl (C=O) groups excluding carboxylic acids is 1. The summed E-state index contributed by atoms with van der Waals surface area (Å²) in [5.41, 5.74) is 2.53. The summed E-state index contributed by atoms with van der Waals surface area (Å²) in [6.45, 7) is 12.2. The Bertz CT molecular complexity index is 1530. The van der Waals surface area contributed by atoms with Crippen molar-refractivity contribution in [1.82, 2.24) is 30.4 Å². The third-order valence-electron chi connectivity index (χ3n) is 9.99. The van der Waals surface area contributed by atoms with Gasteiger partial charge in [-0.3, -0.25) is 14.7 Å². The molecule has 1 aromatic heterocycles. The predicted octanol–water partition coefficient (Wildman–Crippen LogP) is 6.59. The SMILES string of the molecule is C1CCC(NC2CCCCC2)CC1.Cn1nnnc1SCC1=C(C(=O)O)N2C(=O)[C@@H](N=Cc3cc(C(C)(C)C)c(O)c(C(C)(C)C)c3)[C@H]2SC1. The lowest BCUT2D eigenvalue weighted by Gasteiger charge is -2.47. The molecule has 13 heteroatoms. The van der Waals surface area contributed by atoms with E-state index in [2.05, 4.69) is 25.8 Å². The van der Waals surface area contributed by atoms with Gasteiger partial charge >= 0.3 is 5.97 Å². The van der Waals surface area contributed by atoms with Crippen LogP contribution in [0.2, 0.25) is 0 Å². The van der Waals surface area contributed by atoms with E-state index in [1.54, 1.807) is 13.3 Å². The number of benzene rings is 1. The molecule has 4 aliphatic rings. The lowest BCUT2D eigenvalue weighted by Crippen LogP contribution is -2.64. The summed E-state index contributed by atoms with van der Waals surface area (Å²) in [6.07, 6.45) is 16.2. The molecular weight excluding hydrogens is 671 g/mol. The number of nitrogens with one attached hydrogen (secondary N) is 1. The maximum absolute atomic E-state index is 13.1. The number of aryl methyl sites for hydroxylation is 1. The number of aliphatic imine (C=N–C) groups is 1. The molecule has 1 aromatic carbocycles. The Morgan fingerprint density at radius 1 is 1.00 bits per heavy atom. The van der Waals surface area contributed by atoms with Crippen molar-refractivity contribution in [2.45, 2.75) is 145 Å². The van der Waals surface area contributed by atoms with Gasteiger partial charge in [-0.15, -0.1) is 16.9 Å². The number of β-lactam (4-membered cyclic amide) rings is 1. The van der Waals surface area contributed by atoms with Crippen LogP contribution in [0.25, 0.3) is 0 Å². The summed E-state index contributed by atoms with van der Waals surface area (Å²) in [6, 6.07) is 4.89. The first kappa shape index (κ1) is 38.3. The van der Waals surface area contributed by atoms with E-state index in [0.29, 0.717) is 22.2 Å². The minimum Gasteiger partial charge on any atom is -0.507 e. The maximum Gasteiger partial charge on any atom is 0.352 e. The van der Waals surface area contributed by atoms with Crippen LogP contribution in [0.15, 0.2) is 33.6 Å². The first-order valence-corrected chi connectivity index (χ1v) is 20.1. The Hall–Kier alpha value is -2.90. The van der Waals surface area contributed by atoms with Crippen LogP contribution in [0.3, 0.4) is 0 Å². The van der Waals surface area contributed by atoms with Crippen molar-refractivity contribution in [3.63, 3.8) is 0 Å². The molecule has 6 rings (SSSR count). The smallest absolute Gasteiger partial charge is 0.352 e. The van der Waals surface area contributed by atoms with E-state index in [-0.39, 0.29) is 33.6 Å². The number of carbonyl (C=O) groups is 2. The zero-order chi connectivity index (χ0) is 36.2. The Morgan fingerprint density at radius 3 is 2.04 bits per heavy atom. The molecule has 274 valence electrons. The first-order valence-electron chi connectivity index (χ1n) is 18.1. The summed E-state index contributed by atoms with van der Waals surface area (Å²) >= 11 is 2.84. The van der Waals surface area contributed by atoms with Crippen molar-refractivity contribution in [2.75, 3.05) is 11.5 Å². The van der Waals surface area contributed by atoms with Gasteiger partial charge in [0.1, 0.15) is 16.8 Å². The number of amides is 1. The summed E-state index contributed by atoms with van der Waals surface area (Å²) in [7, 11) is 1.71. The molecule has 0 spiro atoms. The van der Waals surface area contributed by atoms with Crippen LogP contribution in [0.4, 0.5) is 0 Å². The van der Waals surface area contributed by atoms with Gasteiger partial charge in [-0.05, 0) is 70.2 Å². The van der Waals surface area contributed by atoms with E-state index < -0.39 is 12.0 Å². The molecule has 3 fully saturated rings. The summed E-state index contributed by atoms with van der Waals surface area (Å²) in [5.74, 6) is -0.339. The van der Waals surface area contributed by atoms with Crippen LogP contribution in [0, 0.1) is 0 Å². The Kier molecular flexibility index (Phi) is 12.4. The van der Waals surface area contributed by atoms with Gasteiger partial charge in [-0.2, -0.15) is 0 Å². The topological polar surface area (TPSA) is 146 Å². The fourth-order valence-corrected chi connectivity index (χ4v) is 9.51. The molecular formula is C37H55N7O4S2. The van der Waals surface area contributed by atoms with E-state index in [1.165, 1.54) is 97.3 Å². The molecule has 2 aromatic rings. The van der Waals surface area contributed by atoms with Crippen LogP contribution in [0.1, 0.15) is 122 Å². The molecule has 0 unspecified atom stereocenters. The Morgan fingerprint density at radius 2 is 1.56 bits per heavy atom. The van der Waals surface area contributed by atoms with Gasteiger partial charge in [0.05, 0.1) is 0 Å². The molecule has 1 saturated heterocycles. The summed E-state index contributed by atoms with van der Waals surface area (Å²) in [5, 5.41) is 36.2. The van der Waals surface area contributed by atoms with E-state index in [1.807, 2.05) is 53.7 Å². The number of carboxylic acids is 1. The summed E-state index contributed by atoms with van der Waals surface area (Å²) < 4.78 is 1.52. The molecule has 50 heavy (non-hydrogen) atoms. The third kappa shape index (κ3) is 9.11. The number of carboxylic acid groups (broad SMARTS) is 1. The second kappa shape index (κ2) is 16.2. The Balaban J connectivity index is 0.000000311. The zero-order valence-corrected chi connectivity index (χ0v) is 32.4. The number of tetrazole rings is 1. The molecule has 2 aliphatic heterocycles. The molecule has 2 atom stereocenters. The standard InChI is InChI=1S/C25H32N6O4S2.C12H23N/c1-24(2,3)15-8-13(9-16(19(15)32)25(4,5)6)10-26-17-20(33)31-18(22(34)35)14(11-36-21(17)31)12-37-23-27-28-29-30(23)7;1-3-7-11(8-4-1)13-12-9-5-2-6-10-12/h8-10,17,21,32H,11-12H2,1-7H3,(H,34,35);11-13H,1-10H2/t17-,21-;/m1./s1. The quantitative estimate of drug-likeness (QED) is 0.155. The normalized spacial score (nSPS) is 22.3. The fraction of sp³-hybridized carbons (Fsp3) is 0.676. The zero-order valence-electron chi connectivity index (χ0n) is 30.7. The maximum atomic E-state index is 13.1. The molecule has 3 heterocycles. The summed E-state index contributed by atoms with van der Waals surface area (Å²) in [4.78, 5) is 31.2. The van der Waals surface area contributed by atoms with Crippen molar-refractivity contribution < 1.29 is 19.8 Å². The molecule has 2 saturated carbocycles. The minimum absolute atomic E-state index is 0.0255. The minimum atomic E-state index is -1.13. The molecule has 2 aliphatic carbocycles. The van der Waals surface area contributed by atoms with Crippen LogP contribution in [-0.2, 0) is 27.5 Å². The van der Waals surface area contributed by atoms with E-state index in [0.717, 1.165) is 28.8 Å². The highest BCUT2D eigenvalue weighted by molar-refractivity contribution is 8.01. The number of fused-ring (bicyclic) bond motifs is 1. The number of hydrogen-bond acceptors (Lipinski definition) is 10. The molecule has 0 bridgehead atoms. The number of aromatic hydroxyl groups is 1. The van der Waals surface area contributed by atoms with Crippen molar-refractivity contribution in [3.8, 4) is 5.75 Å². The van der Waals surface area contributed by atoms with E-state index in [9.17, 15) is 19.8 Å². The molecule has 1 amide bonds. The Labute approximate surface area is 305 Å². The van der Waals surface area contributed by atoms with Gasteiger partial charge in [0, 0.05) is 48.0 Å². The lowest BCUT2D eigenvalue weighted by molar-refractivity contribution is -0.147. The first-order chi connectivity index (χ1) is 23.6. The number of aliphatic carboxylic acids is 1. The second-order valence-corrected chi connectivity index (χ2v) is 18.1. The highest BCUT2D eigenvalue weighted by Gasteiger charge is 2.53. The molecule has 3 N–H and O–H groups in total. The van der Waals surface area contributed by atoms with Gasteiger partial charge < -0.3 is 15.5 Å². The largest absolute Gasteiger partial charge is 0.507 e. The van der Waals surface area contributed by atoms with Crippen molar-refractivity contribution in [2.24, 2.45) is 12.0 Å². The number of nitrogens with zero attached hydrogens (tertiary/aromatic N) is 6. The van der Waals surface area contributed by atoms with Gasteiger partial charge in [0.25, 0.3) is 5.91 Å².